The molecule has 3 N–H and O–H groups in total. The first-order chi connectivity index (χ1) is 17.5. The van der Waals surface area contributed by atoms with Crippen molar-refractivity contribution in [3.8, 4) is 5.75 Å². The Kier molecular flexibility index (Phi) is 8.69. The summed E-state index contributed by atoms with van der Waals surface area (Å²) in [6.45, 7) is 0.659. The smallest absolute Gasteiger partial charge is 0.266 e. The number of halogens is 2. The van der Waals surface area contributed by atoms with E-state index in [2.05, 4.69) is 26.8 Å². The second-order valence-electron chi connectivity index (χ2n) is 8.35. The fourth-order valence-corrected chi connectivity index (χ4v) is 4.19. The highest BCUT2D eigenvalue weighted by atomic mass is 79.9. The van der Waals surface area contributed by atoms with Gasteiger partial charge in [0.25, 0.3) is 5.91 Å². The van der Waals surface area contributed by atoms with Crippen molar-refractivity contribution >= 4 is 27.7 Å². The summed E-state index contributed by atoms with van der Waals surface area (Å²) in [5.74, 6) is 0.289. The molecule has 4 rings (SSSR count). The third-order valence-electron chi connectivity index (χ3n) is 5.74. The highest BCUT2D eigenvalue weighted by Gasteiger charge is 2.45. The Hall–Kier alpha value is -3.27. The highest BCUT2D eigenvalue weighted by molar-refractivity contribution is 9.10. The molecule has 9 heteroatoms. The molecule has 1 heterocycles. The summed E-state index contributed by atoms with van der Waals surface area (Å²) < 4.78 is 26.3. The lowest BCUT2D eigenvalue weighted by Crippen LogP contribution is -2.52. The topological polar surface area (TPSA) is 92.2 Å². The molecule has 3 aromatic rings. The van der Waals surface area contributed by atoms with Crippen molar-refractivity contribution in [2.45, 2.75) is 24.9 Å². The zero-order chi connectivity index (χ0) is 25.4. The van der Waals surface area contributed by atoms with Crippen molar-refractivity contribution in [3.63, 3.8) is 0 Å². The van der Waals surface area contributed by atoms with E-state index in [4.69, 9.17) is 19.6 Å². The largest absolute Gasteiger partial charge is 0.494 e. The number of nitrogens with zero attached hydrogens (tertiary/aromatic N) is 1. The molecule has 0 fully saturated rings. The number of aliphatic hydroxyl groups excluding tert-OH is 1. The summed E-state index contributed by atoms with van der Waals surface area (Å²) in [4.78, 5) is 18.2. The Morgan fingerprint density at radius 2 is 1.81 bits per heavy atom. The van der Waals surface area contributed by atoms with Gasteiger partial charge in [0.2, 0.25) is 5.90 Å². The molecular weight excluding hydrogens is 529 g/mol. The standard InChI is InChI=1S/C27H27BrFN3O4/c28-23-8-3-1-6-20(23)16-27(26(34)32-30-17-21-7-2-4-9-24(21)29)18-36-25(31-27)19-10-12-22(13-11-19)35-15-5-14-33/h1-4,6-13,30,33H,5,14-18H2,(H,32,34)/t27-/m0/s1. The van der Waals surface area contributed by atoms with Crippen molar-refractivity contribution in [2.75, 3.05) is 19.8 Å². The van der Waals surface area contributed by atoms with Crippen LogP contribution in [0.15, 0.2) is 82.3 Å². The number of aliphatic hydroxyl groups is 1. The molecule has 0 aromatic heterocycles. The summed E-state index contributed by atoms with van der Waals surface area (Å²) in [7, 11) is 0. The van der Waals surface area contributed by atoms with Crippen LogP contribution in [0.5, 0.6) is 5.75 Å². The predicted molar refractivity (Wildman–Crippen MR) is 138 cm³/mol. The fraction of sp³-hybridized carbons (Fsp3) is 0.259. The summed E-state index contributed by atoms with van der Waals surface area (Å²) in [6.07, 6.45) is 0.850. The van der Waals surface area contributed by atoms with Gasteiger partial charge in [-0.05, 0) is 42.0 Å². The van der Waals surface area contributed by atoms with Crippen molar-refractivity contribution in [1.82, 2.24) is 10.9 Å². The second kappa shape index (κ2) is 12.1. The average molecular weight is 556 g/mol. The molecule has 1 amide bonds. The molecule has 0 aliphatic carbocycles. The third-order valence-corrected chi connectivity index (χ3v) is 6.51. The first kappa shape index (κ1) is 25.8. The van der Waals surface area contributed by atoms with Crippen molar-refractivity contribution < 1.29 is 23.8 Å². The maximum atomic E-state index is 14.0. The predicted octanol–water partition coefficient (Wildman–Crippen LogP) is 3.93. The van der Waals surface area contributed by atoms with Crippen LogP contribution < -0.4 is 15.6 Å². The molecule has 0 unspecified atom stereocenters. The Labute approximate surface area is 217 Å². The Morgan fingerprint density at radius 3 is 2.53 bits per heavy atom. The molecule has 1 aliphatic heterocycles. The van der Waals surface area contributed by atoms with E-state index < -0.39 is 5.54 Å². The number of hydrogen-bond acceptors (Lipinski definition) is 6. The number of ether oxygens (including phenoxy) is 2. The summed E-state index contributed by atoms with van der Waals surface area (Å²) in [5, 5.41) is 8.90. The number of benzene rings is 3. The maximum Gasteiger partial charge on any atom is 0.266 e. The van der Waals surface area contributed by atoms with Crippen LogP contribution in [-0.2, 0) is 22.5 Å². The summed E-state index contributed by atoms with van der Waals surface area (Å²) in [6, 6.07) is 21.2. The SMILES string of the molecule is O=C(NNCc1ccccc1F)[C@]1(Cc2ccccc2Br)COC(c2ccc(OCCCO)cc2)=N1. The molecule has 36 heavy (non-hydrogen) atoms. The average Bonchev–Trinajstić information content (AvgIpc) is 3.32. The highest BCUT2D eigenvalue weighted by Crippen LogP contribution is 2.30. The van der Waals surface area contributed by atoms with Gasteiger partial charge in [-0.15, -0.1) is 0 Å². The van der Waals surface area contributed by atoms with Gasteiger partial charge in [-0.25, -0.2) is 14.8 Å². The lowest BCUT2D eigenvalue weighted by atomic mass is 9.91. The number of hydrazine groups is 1. The molecule has 1 aliphatic rings. The van der Waals surface area contributed by atoms with Crippen LogP contribution in [0.3, 0.4) is 0 Å². The molecule has 1 atom stereocenters. The van der Waals surface area contributed by atoms with Gasteiger partial charge in [0.15, 0.2) is 5.54 Å². The fourth-order valence-electron chi connectivity index (χ4n) is 3.76. The van der Waals surface area contributed by atoms with Gasteiger partial charge in [-0.3, -0.25) is 10.2 Å². The first-order valence-electron chi connectivity index (χ1n) is 11.6. The minimum absolute atomic E-state index is 0.0473. The van der Waals surface area contributed by atoms with E-state index in [9.17, 15) is 9.18 Å². The second-order valence-corrected chi connectivity index (χ2v) is 9.21. The summed E-state index contributed by atoms with van der Waals surface area (Å²) >= 11 is 3.55. The van der Waals surface area contributed by atoms with Crippen LogP contribution in [0.4, 0.5) is 4.39 Å². The van der Waals surface area contributed by atoms with Gasteiger partial charge in [0.05, 0.1) is 6.61 Å². The van der Waals surface area contributed by atoms with E-state index in [1.54, 1.807) is 30.3 Å². The molecule has 0 saturated carbocycles. The monoisotopic (exact) mass is 555 g/mol. The van der Waals surface area contributed by atoms with E-state index in [0.717, 1.165) is 10.0 Å². The minimum atomic E-state index is -1.22. The number of nitrogens with one attached hydrogen (secondary N) is 2. The zero-order valence-electron chi connectivity index (χ0n) is 19.5. The molecule has 188 valence electrons. The van der Waals surface area contributed by atoms with E-state index >= 15 is 0 Å². The van der Waals surface area contributed by atoms with Gasteiger partial charge in [0, 0.05) is 41.6 Å². The summed E-state index contributed by atoms with van der Waals surface area (Å²) in [5.41, 5.74) is 6.34. The Balaban J connectivity index is 1.53. The molecule has 0 radical (unpaired) electrons. The third kappa shape index (κ3) is 6.29. The first-order valence-corrected chi connectivity index (χ1v) is 12.4. The molecule has 0 saturated heterocycles. The van der Waals surface area contributed by atoms with Crippen LogP contribution in [0.2, 0.25) is 0 Å². The van der Waals surface area contributed by atoms with Gasteiger partial charge < -0.3 is 14.6 Å². The van der Waals surface area contributed by atoms with Crippen molar-refractivity contribution in [2.24, 2.45) is 4.99 Å². The van der Waals surface area contributed by atoms with E-state index in [-0.39, 0.29) is 31.5 Å². The van der Waals surface area contributed by atoms with Gasteiger partial charge in [-0.2, -0.15) is 0 Å². The van der Waals surface area contributed by atoms with Crippen LogP contribution >= 0.6 is 15.9 Å². The van der Waals surface area contributed by atoms with E-state index in [1.165, 1.54) is 6.07 Å². The van der Waals surface area contributed by atoms with Crippen LogP contribution in [0.1, 0.15) is 23.1 Å². The Bertz CT molecular complexity index is 1220. The zero-order valence-corrected chi connectivity index (χ0v) is 21.1. The van der Waals surface area contributed by atoms with Crippen LogP contribution in [-0.4, -0.2) is 42.3 Å². The van der Waals surface area contributed by atoms with Crippen LogP contribution in [0.25, 0.3) is 0 Å². The Morgan fingerprint density at radius 1 is 1.08 bits per heavy atom. The molecule has 0 bridgehead atoms. The normalized spacial score (nSPS) is 16.8. The van der Waals surface area contributed by atoms with Gasteiger partial charge in [-0.1, -0.05) is 52.3 Å². The number of carbonyl (C=O) groups is 1. The van der Waals surface area contributed by atoms with Crippen LogP contribution in [0, 0.1) is 5.82 Å². The molecule has 3 aromatic carbocycles. The van der Waals surface area contributed by atoms with Crippen molar-refractivity contribution in [3.05, 3.63) is 99.8 Å². The molecule has 7 nitrogen and oxygen atoms in total. The maximum absolute atomic E-state index is 14.0. The van der Waals surface area contributed by atoms with E-state index in [0.29, 0.717) is 42.2 Å². The number of amides is 1. The number of hydrogen-bond donors (Lipinski definition) is 3. The van der Waals surface area contributed by atoms with Gasteiger partial charge in [0.1, 0.15) is 18.2 Å². The molecule has 0 spiro atoms. The quantitative estimate of drug-likeness (QED) is 0.246. The lowest BCUT2D eigenvalue weighted by Gasteiger charge is -2.24. The molecular formula is C27H27BrFN3O4. The number of rotatable bonds is 11. The number of aliphatic imine (C=N–C) groups is 1. The van der Waals surface area contributed by atoms with E-state index in [1.807, 2.05) is 36.4 Å². The number of carbonyl (C=O) groups excluding carboxylic acids is 1. The van der Waals surface area contributed by atoms with Crippen molar-refractivity contribution in [1.29, 1.82) is 0 Å². The minimum Gasteiger partial charge on any atom is -0.494 e. The lowest BCUT2D eigenvalue weighted by molar-refractivity contribution is -0.127. The van der Waals surface area contributed by atoms with Gasteiger partial charge >= 0.3 is 0 Å².